The molecule has 0 bridgehead atoms. The summed E-state index contributed by atoms with van der Waals surface area (Å²) < 4.78 is 35.2. The van der Waals surface area contributed by atoms with Crippen LogP contribution in [0.25, 0.3) is 11.1 Å². The van der Waals surface area contributed by atoms with Crippen molar-refractivity contribution in [2.45, 2.75) is 40.2 Å². The lowest BCUT2D eigenvalue weighted by Gasteiger charge is -2.36. The second-order valence-corrected chi connectivity index (χ2v) is 9.29. The molecular weight excluding hydrogens is 436 g/mol. The number of fused-ring (bicyclic) bond motifs is 3. The van der Waals surface area contributed by atoms with Crippen molar-refractivity contribution < 1.29 is 33.5 Å². The van der Waals surface area contributed by atoms with Crippen molar-refractivity contribution >= 4 is 0 Å². The lowest BCUT2D eigenvalue weighted by atomic mass is 9.75. The quantitative estimate of drug-likeness (QED) is 0.530. The summed E-state index contributed by atoms with van der Waals surface area (Å²) in [5, 5.41) is 10.9. The molecule has 34 heavy (non-hydrogen) atoms. The minimum Gasteiger partial charge on any atom is -0.504 e. The summed E-state index contributed by atoms with van der Waals surface area (Å²) in [5.74, 6) is 3.08. The van der Waals surface area contributed by atoms with Crippen LogP contribution < -0.4 is 23.7 Å². The summed E-state index contributed by atoms with van der Waals surface area (Å²) in [7, 11) is 7.89. The fraction of sp³-hybridized carbons (Fsp3) is 0.556. The SMILES string of the molecule is COc1cc2c(c(OC)c1OC)-c1c(cc(O)c(OC)c1OC)[C@H](OCC(C)C)[C@@H](C)[C@@H](C)C2. The molecule has 3 rings (SSSR count). The largest absolute Gasteiger partial charge is 0.504 e. The highest BCUT2D eigenvalue weighted by Crippen LogP contribution is 2.57. The zero-order valence-electron chi connectivity index (χ0n) is 21.8. The Balaban J connectivity index is 2.50. The van der Waals surface area contributed by atoms with E-state index in [4.69, 9.17) is 28.4 Å². The predicted octanol–water partition coefficient (Wildman–Crippen LogP) is 5.64. The first kappa shape index (κ1) is 25.8. The first-order valence-electron chi connectivity index (χ1n) is 11.6. The van der Waals surface area contributed by atoms with E-state index in [1.54, 1.807) is 34.5 Å². The topological polar surface area (TPSA) is 75.6 Å². The molecule has 7 heteroatoms. The maximum Gasteiger partial charge on any atom is 0.203 e. The third-order valence-electron chi connectivity index (χ3n) is 6.65. The van der Waals surface area contributed by atoms with Crippen molar-refractivity contribution in [2.75, 3.05) is 42.2 Å². The molecule has 0 aromatic heterocycles. The number of hydrogen-bond donors (Lipinski definition) is 1. The third kappa shape index (κ3) is 4.45. The second-order valence-electron chi connectivity index (χ2n) is 9.29. The average molecular weight is 475 g/mol. The van der Waals surface area contributed by atoms with Crippen LogP contribution in [0.2, 0.25) is 0 Å². The van der Waals surface area contributed by atoms with Crippen molar-refractivity contribution in [1.82, 2.24) is 0 Å². The Morgan fingerprint density at radius 1 is 0.824 bits per heavy atom. The van der Waals surface area contributed by atoms with Crippen LogP contribution in [0.15, 0.2) is 12.1 Å². The van der Waals surface area contributed by atoms with E-state index in [1.165, 1.54) is 7.11 Å². The van der Waals surface area contributed by atoms with Gasteiger partial charge < -0.3 is 33.5 Å². The van der Waals surface area contributed by atoms with Gasteiger partial charge in [-0.2, -0.15) is 0 Å². The lowest BCUT2D eigenvalue weighted by molar-refractivity contribution is -0.0137. The van der Waals surface area contributed by atoms with E-state index in [-0.39, 0.29) is 29.4 Å². The highest BCUT2D eigenvalue weighted by molar-refractivity contribution is 5.88. The van der Waals surface area contributed by atoms with E-state index < -0.39 is 0 Å². The zero-order valence-corrected chi connectivity index (χ0v) is 21.8. The van der Waals surface area contributed by atoms with E-state index in [2.05, 4.69) is 27.7 Å². The fourth-order valence-corrected chi connectivity index (χ4v) is 4.81. The number of rotatable bonds is 8. The van der Waals surface area contributed by atoms with Crippen molar-refractivity contribution in [1.29, 1.82) is 0 Å². The van der Waals surface area contributed by atoms with Crippen LogP contribution in [0.5, 0.6) is 34.5 Å². The Kier molecular flexibility index (Phi) is 8.08. The fourth-order valence-electron chi connectivity index (χ4n) is 4.81. The minimum absolute atomic E-state index is 0.00216. The van der Waals surface area contributed by atoms with Crippen molar-refractivity contribution in [3.8, 4) is 45.6 Å². The first-order chi connectivity index (χ1) is 16.2. The molecule has 3 atom stereocenters. The normalized spacial score (nSPS) is 19.5. The van der Waals surface area contributed by atoms with Gasteiger partial charge in [0.2, 0.25) is 11.5 Å². The third-order valence-corrected chi connectivity index (χ3v) is 6.65. The molecule has 0 unspecified atom stereocenters. The lowest BCUT2D eigenvalue weighted by Crippen LogP contribution is -2.26. The van der Waals surface area contributed by atoms with E-state index in [9.17, 15) is 5.11 Å². The van der Waals surface area contributed by atoms with Crippen molar-refractivity contribution in [2.24, 2.45) is 17.8 Å². The molecule has 0 radical (unpaired) electrons. The Bertz CT molecular complexity index is 1020. The maximum atomic E-state index is 10.9. The summed E-state index contributed by atoms with van der Waals surface area (Å²) >= 11 is 0. The van der Waals surface area contributed by atoms with Gasteiger partial charge in [-0.15, -0.1) is 0 Å². The zero-order chi connectivity index (χ0) is 25.2. The van der Waals surface area contributed by atoms with Gasteiger partial charge in [-0.3, -0.25) is 0 Å². The maximum absolute atomic E-state index is 10.9. The van der Waals surface area contributed by atoms with E-state index in [0.29, 0.717) is 35.5 Å². The number of ether oxygens (including phenoxy) is 6. The number of phenols is 1. The van der Waals surface area contributed by atoms with Gasteiger partial charge in [0, 0.05) is 17.7 Å². The van der Waals surface area contributed by atoms with E-state index in [0.717, 1.165) is 28.7 Å². The summed E-state index contributed by atoms with van der Waals surface area (Å²) in [6.45, 7) is 9.25. The monoisotopic (exact) mass is 474 g/mol. The second kappa shape index (κ2) is 10.6. The van der Waals surface area contributed by atoms with Gasteiger partial charge in [-0.25, -0.2) is 0 Å². The molecule has 0 saturated heterocycles. The molecule has 0 fully saturated rings. The van der Waals surface area contributed by atoms with Crippen LogP contribution in [-0.4, -0.2) is 47.3 Å². The number of hydrogen-bond acceptors (Lipinski definition) is 7. The Hall–Kier alpha value is -2.80. The molecule has 0 aliphatic heterocycles. The molecule has 0 spiro atoms. The Morgan fingerprint density at radius 2 is 1.41 bits per heavy atom. The summed E-state index contributed by atoms with van der Waals surface area (Å²) in [5.41, 5.74) is 3.43. The summed E-state index contributed by atoms with van der Waals surface area (Å²) in [6, 6.07) is 3.73. The van der Waals surface area contributed by atoms with E-state index >= 15 is 0 Å². The van der Waals surface area contributed by atoms with Gasteiger partial charge in [0.25, 0.3) is 0 Å². The smallest absolute Gasteiger partial charge is 0.203 e. The molecule has 1 aliphatic carbocycles. The molecular formula is C27H38O7. The number of aromatic hydroxyl groups is 1. The Labute approximate surface area is 202 Å². The molecule has 0 heterocycles. The van der Waals surface area contributed by atoms with Gasteiger partial charge in [0.1, 0.15) is 0 Å². The standard InChI is InChI=1S/C27H38O7/c1-14(2)13-34-23-16(4)15(3)10-17-11-20(29-5)25(31-7)26(32-8)21(17)22-18(23)12-19(28)24(30-6)27(22)33-9/h11-12,14-16,23,28H,10,13H2,1-9H3/t15-,16-,23+/m0/s1. The van der Waals surface area contributed by atoms with Crippen LogP contribution in [0.3, 0.4) is 0 Å². The number of phenolic OH excluding ortho intramolecular Hbond substituents is 1. The number of benzene rings is 2. The molecule has 188 valence electrons. The average Bonchev–Trinajstić information content (AvgIpc) is 2.81. The number of methoxy groups -OCH3 is 5. The molecule has 7 nitrogen and oxygen atoms in total. The highest BCUT2D eigenvalue weighted by atomic mass is 16.5. The van der Waals surface area contributed by atoms with Crippen LogP contribution in [0.4, 0.5) is 0 Å². The van der Waals surface area contributed by atoms with Gasteiger partial charge in [-0.05, 0) is 47.4 Å². The summed E-state index contributed by atoms with van der Waals surface area (Å²) in [6.07, 6.45) is 0.490. The predicted molar refractivity (Wildman–Crippen MR) is 132 cm³/mol. The van der Waals surface area contributed by atoms with Gasteiger partial charge in [0.15, 0.2) is 23.0 Å². The Morgan fingerprint density at radius 3 is 1.94 bits per heavy atom. The van der Waals surface area contributed by atoms with Crippen molar-refractivity contribution in [3.05, 3.63) is 23.3 Å². The molecule has 2 aromatic carbocycles. The minimum atomic E-state index is -0.274. The first-order valence-corrected chi connectivity index (χ1v) is 11.6. The summed E-state index contributed by atoms with van der Waals surface area (Å²) in [4.78, 5) is 0. The molecule has 1 N–H and O–H groups in total. The molecule has 2 aromatic rings. The van der Waals surface area contributed by atoms with Crippen LogP contribution in [0.1, 0.15) is 44.9 Å². The van der Waals surface area contributed by atoms with Crippen LogP contribution >= 0.6 is 0 Å². The van der Waals surface area contributed by atoms with Gasteiger partial charge in [0.05, 0.1) is 41.7 Å². The molecule has 0 saturated carbocycles. The molecule has 0 amide bonds. The van der Waals surface area contributed by atoms with Gasteiger partial charge >= 0.3 is 0 Å². The van der Waals surface area contributed by atoms with Crippen LogP contribution in [-0.2, 0) is 11.2 Å². The van der Waals surface area contributed by atoms with Crippen molar-refractivity contribution in [3.63, 3.8) is 0 Å². The van der Waals surface area contributed by atoms with Crippen LogP contribution in [0, 0.1) is 17.8 Å². The van der Waals surface area contributed by atoms with E-state index in [1.807, 2.05) is 6.07 Å². The van der Waals surface area contributed by atoms with Gasteiger partial charge in [-0.1, -0.05) is 27.7 Å². The highest BCUT2D eigenvalue weighted by Gasteiger charge is 2.37. The molecule has 1 aliphatic rings.